The third kappa shape index (κ3) is 2.77. The van der Waals surface area contributed by atoms with Crippen molar-refractivity contribution in [1.29, 1.82) is 0 Å². The van der Waals surface area contributed by atoms with Gasteiger partial charge in [-0.1, -0.05) is 13.8 Å². The van der Waals surface area contributed by atoms with E-state index in [0.717, 1.165) is 6.42 Å². The van der Waals surface area contributed by atoms with Crippen LogP contribution in [0.25, 0.3) is 0 Å². The van der Waals surface area contributed by atoms with Crippen molar-refractivity contribution in [3.8, 4) is 0 Å². The first-order valence-electron chi connectivity index (χ1n) is 6.68. The first-order chi connectivity index (χ1) is 8.82. The number of benzene rings is 1. The predicted octanol–water partition coefficient (Wildman–Crippen LogP) is 2.24. The molecule has 1 aromatic rings. The van der Waals surface area contributed by atoms with Crippen molar-refractivity contribution < 1.29 is 8.42 Å². The van der Waals surface area contributed by atoms with E-state index in [2.05, 4.69) is 13.8 Å². The summed E-state index contributed by atoms with van der Waals surface area (Å²) in [5.74, 6) is 0.983. The highest BCUT2D eigenvalue weighted by molar-refractivity contribution is 7.89. The summed E-state index contributed by atoms with van der Waals surface area (Å²) >= 11 is 0. The molecule has 2 N–H and O–H groups in total. The number of aryl methyl sites for hydroxylation is 1. The Morgan fingerprint density at radius 2 is 1.95 bits per heavy atom. The maximum Gasteiger partial charge on any atom is 0.243 e. The van der Waals surface area contributed by atoms with Gasteiger partial charge in [0.15, 0.2) is 0 Å². The van der Waals surface area contributed by atoms with Crippen molar-refractivity contribution in [3.05, 3.63) is 23.8 Å². The van der Waals surface area contributed by atoms with Gasteiger partial charge < -0.3 is 5.73 Å². The van der Waals surface area contributed by atoms with Crippen LogP contribution >= 0.6 is 0 Å². The molecule has 0 aliphatic carbocycles. The van der Waals surface area contributed by atoms with Gasteiger partial charge in [0.1, 0.15) is 0 Å². The molecule has 0 aromatic heterocycles. The second kappa shape index (κ2) is 5.13. The minimum atomic E-state index is -3.39. The molecule has 1 aromatic carbocycles. The lowest BCUT2D eigenvalue weighted by Crippen LogP contribution is -2.42. The molecule has 0 radical (unpaired) electrons. The summed E-state index contributed by atoms with van der Waals surface area (Å²) in [5, 5.41) is 0. The Labute approximate surface area is 115 Å². The molecular weight excluding hydrogens is 260 g/mol. The summed E-state index contributed by atoms with van der Waals surface area (Å²) in [6.07, 6.45) is 0.925. The predicted molar refractivity (Wildman–Crippen MR) is 77.3 cm³/mol. The molecular formula is C14H22N2O2S. The van der Waals surface area contributed by atoms with Crippen LogP contribution in [0.3, 0.4) is 0 Å². The van der Waals surface area contributed by atoms with Crippen LogP contribution in [0.1, 0.15) is 25.8 Å². The van der Waals surface area contributed by atoms with Gasteiger partial charge in [-0.05, 0) is 48.9 Å². The fourth-order valence-corrected chi connectivity index (χ4v) is 4.31. The number of nitrogens with two attached hydrogens (primary N) is 1. The Morgan fingerprint density at radius 1 is 1.26 bits per heavy atom. The maximum atomic E-state index is 12.7. The van der Waals surface area contributed by atoms with Crippen LogP contribution in [0.5, 0.6) is 0 Å². The van der Waals surface area contributed by atoms with Gasteiger partial charge in [0.25, 0.3) is 0 Å². The molecule has 1 aliphatic rings. The number of sulfonamides is 1. The Bertz CT molecular complexity index is 569. The minimum Gasteiger partial charge on any atom is -0.399 e. The van der Waals surface area contributed by atoms with Crippen LogP contribution in [-0.2, 0) is 10.0 Å². The van der Waals surface area contributed by atoms with E-state index in [1.54, 1.807) is 29.4 Å². The largest absolute Gasteiger partial charge is 0.399 e. The Hall–Kier alpha value is -1.07. The molecule has 106 valence electrons. The fourth-order valence-electron chi connectivity index (χ4n) is 2.54. The molecule has 0 amide bonds. The lowest BCUT2D eigenvalue weighted by Gasteiger charge is -2.34. The standard InChI is InChI=1S/C14H22N2O2S/c1-10-6-7-16(9-12(10)3)19(17,18)14-5-4-13(15)8-11(14)2/h4-5,8,10,12H,6-7,9,15H2,1-3H3. The van der Waals surface area contributed by atoms with E-state index in [1.165, 1.54) is 0 Å². The van der Waals surface area contributed by atoms with Gasteiger partial charge in [0, 0.05) is 18.8 Å². The van der Waals surface area contributed by atoms with E-state index in [4.69, 9.17) is 5.73 Å². The third-order valence-electron chi connectivity index (χ3n) is 4.11. The average Bonchev–Trinajstić information content (AvgIpc) is 2.32. The number of anilines is 1. The van der Waals surface area contributed by atoms with Gasteiger partial charge in [-0.15, -0.1) is 0 Å². The first kappa shape index (κ1) is 14.3. The minimum absolute atomic E-state index is 0.378. The lowest BCUT2D eigenvalue weighted by molar-refractivity contribution is 0.212. The molecule has 1 aliphatic heterocycles. The maximum absolute atomic E-state index is 12.7. The molecule has 1 heterocycles. The van der Waals surface area contributed by atoms with Crippen LogP contribution in [0.15, 0.2) is 23.1 Å². The van der Waals surface area contributed by atoms with Crippen LogP contribution in [0.2, 0.25) is 0 Å². The number of piperidine rings is 1. The average molecular weight is 282 g/mol. The third-order valence-corrected chi connectivity index (χ3v) is 6.14. The van der Waals surface area contributed by atoms with E-state index < -0.39 is 10.0 Å². The zero-order valence-electron chi connectivity index (χ0n) is 11.8. The summed E-state index contributed by atoms with van der Waals surface area (Å²) in [7, 11) is -3.39. The molecule has 0 saturated carbocycles. The van der Waals surface area contributed by atoms with Crippen molar-refractivity contribution in [2.45, 2.75) is 32.1 Å². The number of hydrogen-bond acceptors (Lipinski definition) is 3. The number of nitrogen functional groups attached to an aromatic ring is 1. The topological polar surface area (TPSA) is 63.4 Å². The molecule has 2 atom stereocenters. The quantitative estimate of drug-likeness (QED) is 0.846. The Kier molecular flexibility index (Phi) is 3.87. The van der Waals surface area contributed by atoms with E-state index in [0.29, 0.717) is 41.1 Å². The van der Waals surface area contributed by atoms with E-state index >= 15 is 0 Å². The highest BCUT2D eigenvalue weighted by atomic mass is 32.2. The van der Waals surface area contributed by atoms with E-state index in [9.17, 15) is 8.42 Å². The smallest absolute Gasteiger partial charge is 0.243 e. The van der Waals surface area contributed by atoms with Crippen molar-refractivity contribution in [3.63, 3.8) is 0 Å². The van der Waals surface area contributed by atoms with Crippen molar-refractivity contribution >= 4 is 15.7 Å². The van der Waals surface area contributed by atoms with Gasteiger partial charge in [-0.2, -0.15) is 4.31 Å². The molecule has 4 nitrogen and oxygen atoms in total. The second-order valence-corrected chi connectivity index (χ2v) is 7.54. The van der Waals surface area contributed by atoms with Crippen LogP contribution in [-0.4, -0.2) is 25.8 Å². The first-order valence-corrected chi connectivity index (χ1v) is 8.12. The van der Waals surface area contributed by atoms with Crippen molar-refractivity contribution in [1.82, 2.24) is 4.31 Å². The molecule has 19 heavy (non-hydrogen) atoms. The molecule has 0 spiro atoms. The van der Waals surface area contributed by atoms with Crippen molar-refractivity contribution in [2.75, 3.05) is 18.8 Å². The molecule has 5 heteroatoms. The summed E-state index contributed by atoms with van der Waals surface area (Å²) in [5.41, 5.74) is 6.99. The lowest BCUT2D eigenvalue weighted by atomic mass is 9.90. The van der Waals surface area contributed by atoms with Crippen LogP contribution < -0.4 is 5.73 Å². The van der Waals surface area contributed by atoms with Crippen LogP contribution in [0, 0.1) is 18.8 Å². The fraction of sp³-hybridized carbons (Fsp3) is 0.571. The molecule has 1 saturated heterocycles. The normalized spacial score (nSPS) is 25.4. The zero-order chi connectivity index (χ0) is 14.2. The summed E-state index contributed by atoms with van der Waals surface area (Å²) in [6, 6.07) is 4.97. The molecule has 0 bridgehead atoms. The Morgan fingerprint density at radius 3 is 2.53 bits per heavy atom. The zero-order valence-corrected chi connectivity index (χ0v) is 12.6. The van der Waals surface area contributed by atoms with Gasteiger partial charge >= 0.3 is 0 Å². The SMILES string of the molecule is Cc1cc(N)ccc1S(=O)(=O)N1CCC(C)C(C)C1. The summed E-state index contributed by atoms with van der Waals surface area (Å²) in [4.78, 5) is 0.378. The molecule has 1 fully saturated rings. The molecule has 2 unspecified atom stereocenters. The van der Waals surface area contributed by atoms with Gasteiger partial charge in [-0.25, -0.2) is 8.42 Å². The van der Waals surface area contributed by atoms with Gasteiger partial charge in [-0.3, -0.25) is 0 Å². The van der Waals surface area contributed by atoms with Gasteiger partial charge in [0.2, 0.25) is 10.0 Å². The van der Waals surface area contributed by atoms with E-state index in [-0.39, 0.29) is 0 Å². The second-order valence-electron chi connectivity index (χ2n) is 5.63. The van der Waals surface area contributed by atoms with Crippen molar-refractivity contribution in [2.24, 2.45) is 11.8 Å². The molecule has 2 rings (SSSR count). The van der Waals surface area contributed by atoms with E-state index in [1.807, 2.05) is 0 Å². The number of hydrogen-bond donors (Lipinski definition) is 1. The highest BCUT2D eigenvalue weighted by Crippen LogP contribution is 2.29. The van der Waals surface area contributed by atoms with Crippen LogP contribution in [0.4, 0.5) is 5.69 Å². The summed E-state index contributed by atoms with van der Waals surface area (Å²) in [6.45, 7) is 7.30. The summed E-state index contributed by atoms with van der Waals surface area (Å²) < 4.78 is 26.9. The Balaban J connectivity index is 2.32. The number of rotatable bonds is 2. The monoisotopic (exact) mass is 282 g/mol. The highest BCUT2D eigenvalue weighted by Gasteiger charge is 2.32. The van der Waals surface area contributed by atoms with Gasteiger partial charge in [0.05, 0.1) is 4.90 Å². The number of nitrogens with zero attached hydrogens (tertiary/aromatic N) is 1.